The molecule has 1 aromatic rings. The molecule has 0 aliphatic rings. The van der Waals surface area contributed by atoms with Crippen molar-refractivity contribution in [1.82, 2.24) is 15.4 Å². The Morgan fingerprint density at radius 1 is 1.29 bits per heavy atom. The molecule has 1 aromatic carbocycles. The summed E-state index contributed by atoms with van der Waals surface area (Å²) < 4.78 is 24.0. The van der Waals surface area contributed by atoms with Gasteiger partial charge in [0.2, 0.25) is 10.0 Å². The van der Waals surface area contributed by atoms with E-state index in [2.05, 4.69) is 15.4 Å². The molecule has 0 aromatic heterocycles. The van der Waals surface area contributed by atoms with Crippen LogP contribution < -0.4 is 15.4 Å². The minimum absolute atomic E-state index is 0.215. The van der Waals surface area contributed by atoms with E-state index in [1.54, 1.807) is 6.07 Å². The minimum atomic E-state index is -3.18. The van der Waals surface area contributed by atoms with Crippen LogP contribution in [0.15, 0.2) is 24.3 Å². The summed E-state index contributed by atoms with van der Waals surface area (Å²) in [6, 6.07) is 6.77. The summed E-state index contributed by atoms with van der Waals surface area (Å²) in [5.41, 5.74) is 0.841. The Hall–Kier alpha value is -1.31. The molecule has 0 radical (unpaired) electrons. The van der Waals surface area contributed by atoms with E-state index < -0.39 is 10.0 Å². The highest BCUT2D eigenvalue weighted by Crippen LogP contribution is 2.21. The van der Waals surface area contributed by atoms with Gasteiger partial charge in [-0.2, -0.15) is 0 Å². The monoisotopic (exact) mass is 333 g/mol. The lowest BCUT2D eigenvalue weighted by molar-refractivity contribution is 0.238. The van der Waals surface area contributed by atoms with Crippen molar-refractivity contribution in [2.75, 3.05) is 19.3 Å². The molecule has 0 aliphatic heterocycles. The molecule has 21 heavy (non-hydrogen) atoms. The Morgan fingerprint density at radius 2 is 1.95 bits per heavy atom. The van der Waals surface area contributed by atoms with Gasteiger partial charge in [0.1, 0.15) is 0 Å². The van der Waals surface area contributed by atoms with Crippen LogP contribution in [-0.2, 0) is 10.0 Å². The van der Waals surface area contributed by atoms with Gasteiger partial charge in [-0.3, -0.25) is 0 Å². The van der Waals surface area contributed by atoms with Crippen LogP contribution in [0.5, 0.6) is 0 Å². The van der Waals surface area contributed by atoms with Crippen LogP contribution in [0.3, 0.4) is 0 Å². The van der Waals surface area contributed by atoms with Crippen molar-refractivity contribution < 1.29 is 13.2 Å². The molecule has 0 fully saturated rings. The number of carbonyl (C=O) groups excluding carboxylic acids is 1. The molecule has 0 bridgehead atoms. The molecule has 2 amide bonds. The number of sulfonamides is 1. The second-order valence-corrected chi connectivity index (χ2v) is 6.90. The van der Waals surface area contributed by atoms with E-state index in [1.165, 1.54) is 0 Å². The predicted molar refractivity (Wildman–Crippen MR) is 83.9 cm³/mol. The summed E-state index contributed by atoms with van der Waals surface area (Å²) in [6.07, 6.45) is 1.61. The number of rotatable bonds is 7. The predicted octanol–water partition coefficient (Wildman–Crippen LogP) is 1.64. The van der Waals surface area contributed by atoms with Gasteiger partial charge >= 0.3 is 6.03 Å². The molecule has 0 saturated heterocycles. The smallest absolute Gasteiger partial charge is 0.315 e. The van der Waals surface area contributed by atoms with Gasteiger partial charge < -0.3 is 10.6 Å². The maximum absolute atomic E-state index is 11.7. The summed E-state index contributed by atoms with van der Waals surface area (Å²) in [7, 11) is -3.18. The molecule has 6 nitrogen and oxygen atoms in total. The Kier molecular flexibility index (Phi) is 6.94. The number of carbonyl (C=O) groups is 1. The second kappa shape index (κ2) is 8.21. The Morgan fingerprint density at radius 3 is 2.57 bits per heavy atom. The van der Waals surface area contributed by atoms with Crippen molar-refractivity contribution in [1.29, 1.82) is 0 Å². The van der Waals surface area contributed by atoms with E-state index in [1.807, 2.05) is 25.1 Å². The number of amides is 2. The van der Waals surface area contributed by atoms with Crippen LogP contribution in [0.1, 0.15) is 24.9 Å². The van der Waals surface area contributed by atoms with Crippen molar-refractivity contribution in [3.05, 3.63) is 34.9 Å². The number of urea groups is 1. The summed E-state index contributed by atoms with van der Waals surface area (Å²) in [4.78, 5) is 11.7. The first-order valence-corrected chi connectivity index (χ1v) is 8.80. The molecule has 8 heteroatoms. The van der Waals surface area contributed by atoms with Crippen molar-refractivity contribution >= 4 is 27.7 Å². The van der Waals surface area contributed by atoms with Crippen LogP contribution in [-0.4, -0.2) is 33.8 Å². The zero-order valence-electron chi connectivity index (χ0n) is 12.0. The third-order valence-electron chi connectivity index (χ3n) is 2.72. The van der Waals surface area contributed by atoms with Gasteiger partial charge in [0.25, 0.3) is 0 Å². The highest BCUT2D eigenvalue weighted by Gasteiger charge is 2.11. The van der Waals surface area contributed by atoms with Crippen LogP contribution in [0.2, 0.25) is 5.02 Å². The first kappa shape index (κ1) is 17.7. The van der Waals surface area contributed by atoms with Gasteiger partial charge in [0, 0.05) is 18.1 Å². The average Bonchev–Trinajstić information content (AvgIpc) is 2.37. The highest BCUT2D eigenvalue weighted by molar-refractivity contribution is 7.88. The minimum Gasteiger partial charge on any atom is -0.338 e. The molecular weight excluding hydrogens is 314 g/mol. The van der Waals surface area contributed by atoms with Crippen molar-refractivity contribution in [2.45, 2.75) is 19.4 Å². The lowest BCUT2D eigenvalue weighted by Gasteiger charge is -2.16. The molecule has 118 valence electrons. The van der Waals surface area contributed by atoms with Crippen molar-refractivity contribution in [3.63, 3.8) is 0 Å². The van der Waals surface area contributed by atoms with Crippen molar-refractivity contribution in [3.8, 4) is 0 Å². The summed E-state index contributed by atoms with van der Waals surface area (Å²) in [5, 5.41) is 6.03. The highest BCUT2D eigenvalue weighted by atomic mass is 35.5. The number of halogens is 1. The molecule has 3 N–H and O–H groups in total. The lowest BCUT2D eigenvalue weighted by atomic mass is 10.1. The van der Waals surface area contributed by atoms with Gasteiger partial charge in [-0.15, -0.1) is 0 Å². The van der Waals surface area contributed by atoms with Crippen molar-refractivity contribution in [2.24, 2.45) is 0 Å². The van der Waals surface area contributed by atoms with E-state index >= 15 is 0 Å². The normalized spacial score (nSPS) is 12.7. The van der Waals surface area contributed by atoms with E-state index in [-0.39, 0.29) is 12.1 Å². The molecule has 0 heterocycles. The fourth-order valence-electron chi connectivity index (χ4n) is 1.70. The summed E-state index contributed by atoms with van der Waals surface area (Å²) in [6.45, 7) is 2.51. The van der Waals surface area contributed by atoms with E-state index in [4.69, 9.17) is 11.6 Å². The molecule has 1 atom stereocenters. The second-order valence-electron chi connectivity index (χ2n) is 4.66. The Labute approximate surface area is 130 Å². The maximum atomic E-state index is 11.7. The van der Waals surface area contributed by atoms with Crippen LogP contribution in [0.4, 0.5) is 4.79 Å². The molecule has 1 rings (SSSR count). The molecular formula is C13H20ClN3O3S. The van der Waals surface area contributed by atoms with Gasteiger partial charge in [-0.1, -0.05) is 29.8 Å². The third-order valence-corrected chi connectivity index (χ3v) is 3.80. The SMILES string of the molecule is C[C@@H](NC(=O)NCCCNS(C)(=O)=O)c1ccccc1Cl. The lowest BCUT2D eigenvalue weighted by Crippen LogP contribution is -2.38. The molecule has 0 aliphatic carbocycles. The van der Waals surface area contributed by atoms with Crippen LogP contribution in [0, 0.1) is 0 Å². The third kappa shape index (κ3) is 7.31. The molecule has 0 saturated carbocycles. The summed E-state index contributed by atoms with van der Waals surface area (Å²) in [5.74, 6) is 0. The van der Waals surface area contributed by atoms with Gasteiger partial charge in [0.15, 0.2) is 0 Å². The van der Waals surface area contributed by atoms with E-state index in [0.29, 0.717) is 24.5 Å². The van der Waals surface area contributed by atoms with Gasteiger partial charge in [-0.25, -0.2) is 17.9 Å². The molecule has 0 unspecified atom stereocenters. The fourth-order valence-corrected chi connectivity index (χ4v) is 2.51. The number of nitrogens with one attached hydrogen (secondary N) is 3. The number of benzene rings is 1. The van der Waals surface area contributed by atoms with E-state index in [9.17, 15) is 13.2 Å². The van der Waals surface area contributed by atoms with Crippen LogP contribution in [0.25, 0.3) is 0 Å². The zero-order chi connectivity index (χ0) is 15.9. The first-order valence-electron chi connectivity index (χ1n) is 6.53. The first-order chi connectivity index (χ1) is 9.79. The topological polar surface area (TPSA) is 87.3 Å². The van der Waals surface area contributed by atoms with E-state index in [0.717, 1.165) is 11.8 Å². The standard InChI is InChI=1S/C13H20ClN3O3S/c1-10(11-6-3-4-7-12(11)14)17-13(18)15-8-5-9-16-21(2,19)20/h3-4,6-7,10,16H,5,8-9H2,1-2H3,(H2,15,17,18)/t10-/m1/s1. The van der Waals surface area contributed by atoms with Crippen LogP contribution >= 0.6 is 11.6 Å². The largest absolute Gasteiger partial charge is 0.338 e. The van der Waals surface area contributed by atoms with Gasteiger partial charge in [0.05, 0.1) is 12.3 Å². The summed E-state index contributed by atoms with van der Waals surface area (Å²) >= 11 is 6.05. The number of hydrogen-bond donors (Lipinski definition) is 3. The molecule has 0 spiro atoms. The van der Waals surface area contributed by atoms with Gasteiger partial charge in [-0.05, 0) is 25.0 Å². The zero-order valence-corrected chi connectivity index (χ0v) is 13.6. The quantitative estimate of drug-likeness (QED) is 0.663. The maximum Gasteiger partial charge on any atom is 0.315 e. The fraction of sp³-hybridized carbons (Fsp3) is 0.462. The average molecular weight is 334 g/mol. The number of hydrogen-bond acceptors (Lipinski definition) is 3. The Bertz CT molecular complexity index is 578. The Balaban J connectivity index is 2.29.